The summed E-state index contributed by atoms with van der Waals surface area (Å²) in [4.78, 5) is 14.6. The van der Waals surface area contributed by atoms with Gasteiger partial charge in [-0.1, -0.05) is 71.2 Å². The van der Waals surface area contributed by atoms with Crippen LogP contribution in [0, 0.1) is 0 Å². The number of halogens is 3. The molecule has 2 aromatic rings. The second-order valence-electron chi connectivity index (χ2n) is 4.80. The van der Waals surface area contributed by atoms with Crippen molar-refractivity contribution in [1.82, 2.24) is 10.2 Å². The van der Waals surface area contributed by atoms with Gasteiger partial charge >= 0.3 is 0 Å². The second-order valence-corrected chi connectivity index (χ2v) is 8.11. The Morgan fingerprint density at radius 1 is 1.23 bits per heavy atom. The Labute approximate surface area is 148 Å². The smallest absolute Gasteiger partial charge is 0.262 e. The molecule has 0 aliphatic heterocycles. The van der Waals surface area contributed by atoms with E-state index in [0.717, 1.165) is 5.56 Å². The number of hydrogen-bond donors (Lipinski definition) is 1. The number of amides is 1. The fraction of sp³-hybridized carbons (Fsp3) is 0.267. The monoisotopic (exact) mass is 376 g/mol. The number of carbonyl (C=O) groups is 1. The summed E-state index contributed by atoms with van der Waals surface area (Å²) in [6.07, 6.45) is -0.743. The maximum atomic E-state index is 12.2. The molecule has 0 aliphatic rings. The molecule has 0 fully saturated rings. The molecule has 0 spiro atoms. The van der Waals surface area contributed by atoms with Crippen molar-refractivity contribution in [1.29, 1.82) is 0 Å². The fourth-order valence-corrected chi connectivity index (χ4v) is 3.30. The largest absolute Gasteiger partial charge is 0.332 e. The first-order chi connectivity index (χ1) is 10.4. The van der Waals surface area contributed by atoms with Crippen molar-refractivity contribution in [2.24, 2.45) is 0 Å². The number of benzene rings is 1. The third-order valence-corrected chi connectivity index (χ3v) is 4.53. The fourth-order valence-electron chi connectivity index (χ4n) is 2.01. The zero-order valence-corrected chi connectivity index (χ0v) is 14.9. The minimum absolute atomic E-state index is 0.258. The molecule has 7 heteroatoms. The molecule has 0 saturated carbocycles. The molecule has 22 heavy (non-hydrogen) atoms. The Morgan fingerprint density at radius 2 is 1.91 bits per heavy atom. The van der Waals surface area contributed by atoms with Gasteiger partial charge in [-0.2, -0.15) is 0 Å². The zero-order chi connectivity index (χ0) is 16.2. The molecule has 1 heterocycles. The molecule has 1 atom stereocenters. The summed E-state index contributed by atoms with van der Waals surface area (Å²) < 4.78 is -1.64. The third kappa shape index (κ3) is 4.86. The summed E-state index contributed by atoms with van der Waals surface area (Å²) in [5, 5.41) is 4.61. The van der Waals surface area contributed by atoms with Gasteiger partial charge in [-0.25, -0.2) is 0 Å². The molecule has 2 rings (SSSR count). The molecular formula is C15H15Cl3N2OS. The van der Waals surface area contributed by atoms with Crippen LogP contribution in [0.15, 0.2) is 47.8 Å². The highest BCUT2D eigenvalue weighted by atomic mass is 35.6. The molecule has 1 amide bonds. The predicted molar refractivity (Wildman–Crippen MR) is 93.8 cm³/mol. The van der Waals surface area contributed by atoms with E-state index in [1.54, 1.807) is 24.1 Å². The van der Waals surface area contributed by atoms with Crippen LogP contribution >= 0.6 is 46.1 Å². The van der Waals surface area contributed by atoms with Gasteiger partial charge in [0.25, 0.3) is 5.91 Å². The van der Waals surface area contributed by atoms with E-state index in [0.29, 0.717) is 11.4 Å². The van der Waals surface area contributed by atoms with Crippen LogP contribution in [0.25, 0.3) is 0 Å². The van der Waals surface area contributed by atoms with Crippen LogP contribution in [0.5, 0.6) is 0 Å². The molecule has 1 N–H and O–H groups in total. The first-order valence-electron chi connectivity index (χ1n) is 6.53. The van der Waals surface area contributed by atoms with Gasteiger partial charge in [0.15, 0.2) is 0 Å². The lowest BCUT2D eigenvalue weighted by Crippen LogP contribution is -2.53. The average molecular weight is 378 g/mol. The van der Waals surface area contributed by atoms with Gasteiger partial charge in [-0.15, -0.1) is 11.3 Å². The molecule has 0 radical (unpaired) electrons. The lowest BCUT2D eigenvalue weighted by Gasteiger charge is -2.33. The third-order valence-electron chi connectivity index (χ3n) is 3.04. The molecular weight excluding hydrogens is 363 g/mol. The number of carbonyl (C=O) groups excluding carboxylic acids is 1. The van der Waals surface area contributed by atoms with E-state index in [9.17, 15) is 4.79 Å². The molecule has 1 aromatic heterocycles. The van der Waals surface area contributed by atoms with Gasteiger partial charge in [0.1, 0.15) is 6.17 Å². The van der Waals surface area contributed by atoms with E-state index in [2.05, 4.69) is 5.32 Å². The molecule has 118 valence electrons. The molecule has 0 unspecified atom stereocenters. The van der Waals surface area contributed by atoms with E-state index in [4.69, 9.17) is 34.8 Å². The average Bonchev–Trinajstić information content (AvgIpc) is 2.98. The Kier molecular flexibility index (Phi) is 6.12. The van der Waals surface area contributed by atoms with Crippen LogP contribution in [0.4, 0.5) is 0 Å². The Balaban J connectivity index is 2.10. The molecule has 0 bridgehead atoms. The van der Waals surface area contributed by atoms with Gasteiger partial charge in [0.2, 0.25) is 3.79 Å². The number of alkyl halides is 3. The van der Waals surface area contributed by atoms with E-state index < -0.39 is 9.96 Å². The molecule has 0 saturated heterocycles. The van der Waals surface area contributed by atoms with E-state index in [1.165, 1.54) is 11.3 Å². The quantitative estimate of drug-likeness (QED) is 0.622. The Morgan fingerprint density at radius 3 is 2.45 bits per heavy atom. The second kappa shape index (κ2) is 7.66. The van der Waals surface area contributed by atoms with Crippen LogP contribution in [0.1, 0.15) is 15.2 Å². The van der Waals surface area contributed by atoms with Gasteiger partial charge < -0.3 is 5.32 Å². The van der Waals surface area contributed by atoms with E-state index >= 15 is 0 Å². The number of hydrogen-bond acceptors (Lipinski definition) is 3. The maximum Gasteiger partial charge on any atom is 0.262 e. The van der Waals surface area contributed by atoms with Crippen molar-refractivity contribution in [2.45, 2.75) is 16.5 Å². The van der Waals surface area contributed by atoms with Crippen molar-refractivity contribution in [3.8, 4) is 0 Å². The molecule has 3 nitrogen and oxygen atoms in total. The van der Waals surface area contributed by atoms with Crippen LogP contribution < -0.4 is 5.32 Å². The summed E-state index contributed by atoms with van der Waals surface area (Å²) in [7, 11) is 1.80. The lowest BCUT2D eigenvalue weighted by molar-refractivity contribution is 0.0874. The van der Waals surface area contributed by atoms with Gasteiger partial charge in [0, 0.05) is 6.54 Å². The molecule has 1 aromatic carbocycles. The zero-order valence-electron chi connectivity index (χ0n) is 11.8. The summed E-state index contributed by atoms with van der Waals surface area (Å²) in [5.74, 6) is -0.258. The minimum atomic E-state index is -1.64. The number of nitrogens with one attached hydrogen (secondary N) is 1. The number of rotatable bonds is 5. The van der Waals surface area contributed by atoms with Gasteiger partial charge in [0.05, 0.1) is 4.88 Å². The minimum Gasteiger partial charge on any atom is -0.332 e. The standard InChI is InChI=1S/C15H15Cl3N2OS/c1-20(10-11-6-3-2-4-7-11)14(15(16,17)18)19-13(21)12-8-5-9-22-12/h2-9,14H,10H2,1H3,(H,19,21)/t14-/m0/s1. The van der Waals surface area contributed by atoms with Crippen LogP contribution in [0.3, 0.4) is 0 Å². The molecule has 0 aliphatic carbocycles. The van der Waals surface area contributed by atoms with Gasteiger partial charge in [-0.05, 0) is 24.1 Å². The SMILES string of the molecule is CN(Cc1ccccc1)[C@H](NC(=O)c1cccs1)C(Cl)(Cl)Cl. The number of nitrogens with zero attached hydrogens (tertiary/aromatic N) is 1. The highest BCUT2D eigenvalue weighted by Gasteiger charge is 2.37. The van der Waals surface area contributed by atoms with Crippen LogP contribution in [0.2, 0.25) is 0 Å². The Bertz CT molecular complexity index is 599. The normalized spacial score (nSPS) is 13.1. The highest BCUT2D eigenvalue weighted by molar-refractivity contribution is 7.12. The van der Waals surface area contributed by atoms with Crippen LogP contribution in [-0.2, 0) is 6.54 Å². The summed E-state index contributed by atoms with van der Waals surface area (Å²) in [6, 6.07) is 13.3. The van der Waals surface area contributed by atoms with Crippen molar-refractivity contribution < 1.29 is 4.79 Å². The van der Waals surface area contributed by atoms with E-state index in [-0.39, 0.29) is 5.91 Å². The predicted octanol–water partition coefficient (Wildman–Crippen LogP) is 4.31. The van der Waals surface area contributed by atoms with Crippen molar-refractivity contribution in [3.63, 3.8) is 0 Å². The lowest BCUT2D eigenvalue weighted by atomic mass is 10.2. The first kappa shape index (κ1) is 17.6. The van der Waals surface area contributed by atoms with Crippen molar-refractivity contribution >= 4 is 52.0 Å². The van der Waals surface area contributed by atoms with Crippen molar-refractivity contribution in [3.05, 3.63) is 58.3 Å². The maximum absolute atomic E-state index is 12.2. The van der Waals surface area contributed by atoms with Crippen LogP contribution in [-0.4, -0.2) is 27.8 Å². The van der Waals surface area contributed by atoms with E-state index in [1.807, 2.05) is 35.7 Å². The Hall–Kier alpha value is -0.780. The van der Waals surface area contributed by atoms with Crippen molar-refractivity contribution in [2.75, 3.05) is 7.05 Å². The first-order valence-corrected chi connectivity index (χ1v) is 8.54. The topological polar surface area (TPSA) is 32.3 Å². The summed E-state index contributed by atoms with van der Waals surface area (Å²) >= 11 is 19.5. The summed E-state index contributed by atoms with van der Waals surface area (Å²) in [5.41, 5.74) is 1.06. The number of thiophene rings is 1. The summed E-state index contributed by atoms with van der Waals surface area (Å²) in [6.45, 7) is 0.546. The van der Waals surface area contributed by atoms with Gasteiger partial charge in [-0.3, -0.25) is 9.69 Å². The highest BCUT2D eigenvalue weighted by Crippen LogP contribution is 2.32.